The van der Waals surface area contributed by atoms with Crippen LogP contribution in [0.15, 0.2) is 84.9 Å². The molecule has 2 aliphatic heterocycles. The molecule has 3 N–H and O–H groups in total. The van der Waals surface area contributed by atoms with Crippen molar-refractivity contribution < 1.29 is 28.8 Å². The first-order chi connectivity index (χ1) is 30.6. The second-order valence-electron chi connectivity index (χ2n) is 18.2. The maximum absolute atomic E-state index is 14.2. The molecule has 0 unspecified atom stereocenters. The van der Waals surface area contributed by atoms with E-state index in [1.54, 1.807) is 34.1 Å². The quantitative estimate of drug-likeness (QED) is 0.112. The van der Waals surface area contributed by atoms with Gasteiger partial charge in [0.05, 0.1) is 18.4 Å². The first-order valence-corrected chi connectivity index (χ1v) is 23.6. The molecule has 0 bridgehead atoms. The van der Waals surface area contributed by atoms with Crippen LogP contribution in [0.2, 0.25) is 0 Å². The lowest BCUT2D eigenvalue weighted by Crippen LogP contribution is -2.61. The van der Waals surface area contributed by atoms with E-state index in [1.807, 2.05) is 36.4 Å². The molecular weight excluding hydrogens is 793 g/mol. The third-order valence-corrected chi connectivity index (χ3v) is 13.5. The summed E-state index contributed by atoms with van der Waals surface area (Å²) in [4.78, 5) is 86.9. The minimum atomic E-state index is -0.818. The van der Waals surface area contributed by atoms with Crippen LogP contribution in [0.4, 0.5) is 0 Å². The van der Waals surface area contributed by atoms with Crippen molar-refractivity contribution in [2.45, 2.75) is 121 Å². The molecule has 6 amide bonds. The van der Waals surface area contributed by atoms with Crippen LogP contribution >= 0.6 is 0 Å². The van der Waals surface area contributed by atoms with Crippen molar-refractivity contribution in [1.29, 1.82) is 0 Å². The number of nitrogens with zero attached hydrogens (tertiary/aromatic N) is 3. The van der Waals surface area contributed by atoms with Crippen molar-refractivity contribution in [2.24, 2.45) is 11.8 Å². The van der Waals surface area contributed by atoms with Gasteiger partial charge in [0.2, 0.25) is 23.6 Å². The zero-order valence-electron chi connectivity index (χ0n) is 37.1. The Labute approximate surface area is 372 Å². The molecule has 3 aromatic rings. The number of piperazine rings is 1. The normalized spacial score (nSPS) is 23.8. The number of likely N-dealkylation sites (tertiary alicyclic amines) is 1. The lowest BCUT2D eigenvalue weighted by molar-refractivity contribution is -0.141. The molecule has 336 valence electrons. The lowest BCUT2D eigenvalue weighted by Gasteiger charge is -2.40. The topological polar surface area (TPSA) is 148 Å². The number of unbranched alkanes of at least 4 members (excludes halogenated alkanes) is 9. The largest absolute Gasteiger partial charge is 0.354 e. The predicted molar refractivity (Wildman–Crippen MR) is 243 cm³/mol. The smallest absolute Gasteiger partial charge is 0.254 e. The van der Waals surface area contributed by atoms with Gasteiger partial charge in [-0.05, 0) is 48.6 Å². The summed E-state index contributed by atoms with van der Waals surface area (Å²) in [7, 11) is 0. The number of nitrogens with one attached hydrogen (secondary N) is 3. The van der Waals surface area contributed by atoms with Crippen LogP contribution in [-0.2, 0) is 19.2 Å². The van der Waals surface area contributed by atoms with Crippen molar-refractivity contribution in [3.63, 3.8) is 0 Å². The summed E-state index contributed by atoms with van der Waals surface area (Å²) in [5.41, 5.74) is 2.88. The first-order valence-electron chi connectivity index (χ1n) is 23.6. The summed E-state index contributed by atoms with van der Waals surface area (Å²) in [5.74, 6) is -2.74. The van der Waals surface area contributed by atoms with Crippen LogP contribution in [0.1, 0.15) is 135 Å². The number of carbonyl (C=O) groups is 6. The van der Waals surface area contributed by atoms with E-state index in [9.17, 15) is 28.8 Å². The molecule has 7 atom stereocenters. The van der Waals surface area contributed by atoms with Gasteiger partial charge in [-0.25, -0.2) is 0 Å². The van der Waals surface area contributed by atoms with Crippen LogP contribution in [0.3, 0.4) is 0 Å². The van der Waals surface area contributed by atoms with Gasteiger partial charge < -0.3 is 30.7 Å². The van der Waals surface area contributed by atoms with Crippen molar-refractivity contribution in [2.75, 3.05) is 39.3 Å². The summed E-state index contributed by atoms with van der Waals surface area (Å²) < 4.78 is 0. The average Bonchev–Trinajstić information content (AvgIpc) is 4.22. The van der Waals surface area contributed by atoms with Gasteiger partial charge in [-0.15, -0.1) is 0 Å². The van der Waals surface area contributed by atoms with Crippen molar-refractivity contribution in [3.8, 4) is 0 Å². The molecule has 2 heterocycles. The van der Waals surface area contributed by atoms with Crippen LogP contribution in [0.5, 0.6) is 0 Å². The van der Waals surface area contributed by atoms with Gasteiger partial charge in [0.1, 0.15) is 6.04 Å². The molecule has 4 aliphatic rings. The molecule has 0 spiro atoms. The highest BCUT2D eigenvalue weighted by atomic mass is 16.2. The fourth-order valence-electron chi connectivity index (χ4n) is 9.59. The van der Waals surface area contributed by atoms with E-state index in [0.717, 1.165) is 43.2 Å². The highest BCUT2D eigenvalue weighted by Gasteiger charge is 2.49. The fourth-order valence-corrected chi connectivity index (χ4v) is 9.59. The van der Waals surface area contributed by atoms with Crippen LogP contribution in [-0.4, -0.2) is 108 Å². The molecule has 63 heavy (non-hydrogen) atoms. The Bertz CT molecular complexity index is 1990. The second kappa shape index (κ2) is 21.7. The third kappa shape index (κ3) is 11.9. The molecule has 0 aromatic heterocycles. The van der Waals surface area contributed by atoms with E-state index in [-0.39, 0.29) is 103 Å². The van der Waals surface area contributed by atoms with Gasteiger partial charge in [0, 0.05) is 74.7 Å². The van der Waals surface area contributed by atoms with E-state index in [0.29, 0.717) is 6.54 Å². The highest BCUT2D eigenvalue weighted by molar-refractivity contribution is 6.01. The van der Waals surface area contributed by atoms with E-state index in [2.05, 4.69) is 47.1 Å². The molecular formula is C51H66N6O6. The molecule has 2 aliphatic carbocycles. The number of amides is 6. The molecule has 3 aromatic carbocycles. The summed E-state index contributed by atoms with van der Waals surface area (Å²) in [6.45, 7) is 4.83. The lowest BCUT2D eigenvalue weighted by atomic mass is 9.94. The van der Waals surface area contributed by atoms with Crippen LogP contribution in [0.25, 0.3) is 0 Å². The van der Waals surface area contributed by atoms with Crippen molar-refractivity contribution in [1.82, 2.24) is 30.7 Å². The molecule has 2 saturated heterocycles. The SMILES string of the molecule is CCCCCCCCCCCCNC(=O)[C@@H]1CN(C(=O)c2cccc(C(=O)N3C[C@@H](C(=O)N[C@H]4C[C@@H]4c4ccccc4)[C@H](C(=O)N[C@H]4C[C@@H]4c4ccccc4)C3)c2)CCN1C(C)=O. The number of hydrogen-bond donors (Lipinski definition) is 3. The maximum atomic E-state index is 14.2. The molecule has 12 heteroatoms. The number of hydrogen-bond acceptors (Lipinski definition) is 6. The molecule has 12 nitrogen and oxygen atoms in total. The molecule has 7 rings (SSSR count). The standard InChI is InChI=1S/C51H66N6O6/c1-3-4-5-6-7-8-9-10-11-18-26-52-49(61)46-34-55(27-28-57(46)35(2)58)50(62)38-24-19-25-39(29-38)51(63)56-32-42(47(59)53-44-30-40(44)36-20-14-12-15-21-36)43(33-56)48(60)54-45-31-41(45)37-22-16-13-17-23-37/h12-17,19-25,29,40-46H,3-11,18,26-28,30-34H2,1-2H3,(H,52,61)(H,53,59)(H,54,60)/t40-,41-,42-,43-,44+,45+,46+/m1/s1. The zero-order chi connectivity index (χ0) is 44.3. The fraction of sp³-hybridized carbons (Fsp3) is 0.529. The monoisotopic (exact) mass is 859 g/mol. The van der Waals surface area contributed by atoms with Gasteiger partial charge in [0.15, 0.2) is 0 Å². The third-order valence-electron chi connectivity index (χ3n) is 13.5. The average molecular weight is 859 g/mol. The zero-order valence-corrected chi connectivity index (χ0v) is 37.1. The van der Waals surface area contributed by atoms with Crippen LogP contribution < -0.4 is 16.0 Å². The summed E-state index contributed by atoms with van der Waals surface area (Å²) in [6, 6.07) is 25.7. The Morgan fingerprint density at radius 1 is 0.556 bits per heavy atom. The summed E-state index contributed by atoms with van der Waals surface area (Å²) >= 11 is 0. The van der Waals surface area contributed by atoms with Gasteiger partial charge >= 0.3 is 0 Å². The van der Waals surface area contributed by atoms with E-state index in [4.69, 9.17) is 0 Å². The van der Waals surface area contributed by atoms with E-state index in [1.165, 1.54) is 56.8 Å². The number of benzene rings is 3. The van der Waals surface area contributed by atoms with E-state index < -0.39 is 17.9 Å². The summed E-state index contributed by atoms with van der Waals surface area (Å²) in [5, 5.41) is 9.38. The first kappa shape index (κ1) is 45.5. The summed E-state index contributed by atoms with van der Waals surface area (Å²) in [6.07, 6.45) is 13.6. The van der Waals surface area contributed by atoms with Gasteiger partial charge in [-0.1, -0.05) is 131 Å². The second-order valence-corrected chi connectivity index (χ2v) is 18.2. The molecule has 0 radical (unpaired) electrons. The maximum Gasteiger partial charge on any atom is 0.254 e. The van der Waals surface area contributed by atoms with Gasteiger partial charge in [-0.3, -0.25) is 28.8 Å². The Morgan fingerprint density at radius 3 is 1.56 bits per heavy atom. The van der Waals surface area contributed by atoms with Crippen molar-refractivity contribution in [3.05, 3.63) is 107 Å². The van der Waals surface area contributed by atoms with Crippen LogP contribution in [0, 0.1) is 11.8 Å². The van der Waals surface area contributed by atoms with Crippen molar-refractivity contribution >= 4 is 35.4 Å². The molecule has 2 saturated carbocycles. The Morgan fingerprint density at radius 2 is 1.05 bits per heavy atom. The van der Waals surface area contributed by atoms with Gasteiger partial charge in [0.25, 0.3) is 11.8 Å². The Balaban J connectivity index is 0.956. The van der Waals surface area contributed by atoms with E-state index >= 15 is 0 Å². The number of carbonyl (C=O) groups excluding carboxylic acids is 6. The molecule has 4 fully saturated rings. The number of rotatable bonds is 20. The van der Waals surface area contributed by atoms with Gasteiger partial charge in [-0.2, -0.15) is 0 Å². The Kier molecular flexibility index (Phi) is 15.7. The predicted octanol–water partition coefficient (Wildman–Crippen LogP) is 6.43. The highest BCUT2D eigenvalue weighted by Crippen LogP contribution is 2.42. The minimum absolute atomic E-state index is 0.0329. The minimum Gasteiger partial charge on any atom is -0.354 e. The Hall–Kier alpha value is -5.52.